The molecule has 3 rings (SSSR count). The number of hydrogen-bond donors (Lipinski definition) is 1. The van der Waals surface area contributed by atoms with Gasteiger partial charge in [0.2, 0.25) is 5.91 Å². The topological polar surface area (TPSA) is 42.0 Å². The average molecular weight is 429 g/mol. The fourth-order valence-electron chi connectivity index (χ4n) is 2.04. The predicted molar refractivity (Wildman–Crippen MR) is 108 cm³/mol. The van der Waals surface area contributed by atoms with Gasteiger partial charge in [0.15, 0.2) is 0 Å². The number of halogens is 2. The third kappa shape index (κ3) is 5.72. The van der Waals surface area contributed by atoms with Crippen LogP contribution in [0.15, 0.2) is 45.4 Å². The van der Waals surface area contributed by atoms with Crippen molar-refractivity contribution in [1.82, 2.24) is 10.3 Å². The van der Waals surface area contributed by atoms with E-state index in [1.165, 1.54) is 0 Å². The first kappa shape index (κ1) is 18.7. The summed E-state index contributed by atoms with van der Waals surface area (Å²) in [6.07, 6.45) is 0.296. The van der Waals surface area contributed by atoms with Crippen molar-refractivity contribution in [3.8, 4) is 0 Å². The molecule has 1 N–H and O–H groups in total. The Labute approximate surface area is 168 Å². The number of carbonyl (C=O) groups excluding carboxylic acids is 1. The van der Waals surface area contributed by atoms with Gasteiger partial charge in [-0.25, -0.2) is 4.98 Å². The molecule has 0 radical (unpaired) electrons. The second kappa shape index (κ2) is 9.05. The Morgan fingerprint density at radius 1 is 1.24 bits per heavy atom. The lowest BCUT2D eigenvalue weighted by molar-refractivity contribution is -0.120. The van der Waals surface area contributed by atoms with Crippen molar-refractivity contribution in [3.05, 3.63) is 67.3 Å². The molecule has 0 bridgehead atoms. The Morgan fingerprint density at radius 2 is 2.12 bits per heavy atom. The number of thioether (sulfide) groups is 1. The van der Waals surface area contributed by atoms with E-state index in [4.69, 9.17) is 23.2 Å². The third-order valence-electron chi connectivity index (χ3n) is 3.28. The largest absolute Gasteiger partial charge is 0.351 e. The van der Waals surface area contributed by atoms with Gasteiger partial charge in [0, 0.05) is 26.1 Å². The molecule has 0 aliphatic rings. The maximum absolute atomic E-state index is 12.0. The zero-order chi connectivity index (χ0) is 17.6. The summed E-state index contributed by atoms with van der Waals surface area (Å²) in [5, 5.41) is 8.12. The van der Waals surface area contributed by atoms with E-state index in [-0.39, 0.29) is 5.91 Å². The fraction of sp³-hybridized carbons (Fsp3) is 0.176. The van der Waals surface area contributed by atoms with Crippen LogP contribution >= 0.6 is 57.6 Å². The van der Waals surface area contributed by atoms with Crippen LogP contribution < -0.4 is 5.32 Å². The predicted octanol–water partition coefficient (Wildman–Crippen LogP) is 5.66. The zero-order valence-electron chi connectivity index (χ0n) is 13.0. The minimum Gasteiger partial charge on any atom is -0.351 e. The number of nitrogens with one attached hydrogen (secondary N) is 1. The summed E-state index contributed by atoms with van der Waals surface area (Å²) in [7, 11) is 0. The van der Waals surface area contributed by atoms with Crippen LogP contribution in [0.2, 0.25) is 10.0 Å². The van der Waals surface area contributed by atoms with Gasteiger partial charge in [-0.05, 0) is 29.1 Å². The Morgan fingerprint density at radius 3 is 2.88 bits per heavy atom. The summed E-state index contributed by atoms with van der Waals surface area (Å²) in [6.45, 7) is 0.567. The molecule has 25 heavy (non-hydrogen) atoms. The average Bonchev–Trinajstić information content (AvgIpc) is 3.24. The lowest BCUT2D eigenvalue weighted by atomic mass is 10.2. The van der Waals surface area contributed by atoms with Gasteiger partial charge in [0.05, 0.1) is 18.7 Å². The molecule has 0 atom stereocenters. The van der Waals surface area contributed by atoms with Crippen molar-refractivity contribution in [2.24, 2.45) is 0 Å². The molecule has 1 amide bonds. The minimum atomic E-state index is -0.0176. The molecule has 0 saturated heterocycles. The van der Waals surface area contributed by atoms with Crippen molar-refractivity contribution in [3.63, 3.8) is 0 Å². The molecule has 2 aromatic heterocycles. The van der Waals surface area contributed by atoms with Gasteiger partial charge >= 0.3 is 0 Å². The second-order valence-electron chi connectivity index (χ2n) is 5.16. The molecule has 0 fully saturated rings. The summed E-state index contributed by atoms with van der Waals surface area (Å²) in [5.41, 5.74) is 1.81. The molecule has 0 saturated carbocycles. The first-order chi connectivity index (χ1) is 12.1. The number of hydrogen-bond acceptors (Lipinski definition) is 5. The normalized spacial score (nSPS) is 10.8. The summed E-state index contributed by atoms with van der Waals surface area (Å²) in [4.78, 5) is 17.6. The van der Waals surface area contributed by atoms with Crippen LogP contribution in [0.1, 0.15) is 16.1 Å². The van der Waals surface area contributed by atoms with Crippen LogP contribution in [0.3, 0.4) is 0 Å². The van der Waals surface area contributed by atoms with E-state index in [0.717, 1.165) is 20.5 Å². The molecule has 2 heterocycles. The van der Waals surface area contributed by atoms with E-state index in [2.05, 4.69) is 10.3 Å². The monoisotopic (exact) mass is 428 g/mol. The highest BCUT2D eigenvalue weighted by molar-refractivity contribution is 8.00. The van der Waals surface area contributed by atoms with Crippen molar-refractivity contribution < 1.29 is 4.79 Å². The van der Waals surface area contributed by atoms with Crippen molar-refractivity contribution in [2.45, 2.75) is 23.1 Å². The molecule has 0 unspecified atom stereocenters. The Hall–Kier alpha value is -1.05. The Kier molecular flexibility index (Phi) is 6.78. The maximum Gasteiger partial charge on any atom is 0.226 e. The molecule has 1 aromatic carbocycles. The summed E-state index contributed by atoms with van der Waals surface area (Å²) < 4.78 is 0.923. The van der Waals surface area contributed by atoms with E-state index in [9.17, 15) is 4.79 Å². The van der Waals surface area contributed by atoms with Gasteiger partial charge in [0.1, 0.15) is 4.34 Å². The molecule has 8 heteroatoms. The number of nitrogens with zero attached hydrogens (tertiary/aromatic N) is 1. The minimum absolute atomic E-state index is 0.0176. The zero-order valence-corrected chi connectivity index (χ0v) is 17.0. The van der Waals surface area contributed by atoms with E-state index < -0.39 is 0 Å². The van der Waals surface area contributed by atoms with Crippen LogP contribution in [-0.2, 0) is 23.5 Å². The SMILES string of the molecule is O=C(Cc1csc(SCc2ccc(Cl)cc2Cl)n1)NCc1cccs1. The number of thiophene rings is 1. The Balaban J connectivity index is 1.49. The maximum atomic E-state index is 12.0. The number of benzene rings is 1. The standard InChI is InChI=1S/C17H14Cl2N2OS3/c18-12-4-3-11(15(19)6-12)9-24-17-21-13(10-25-17)7-16(22)20-8-14-2-1-5-23-14/h1-6,10H,7-9H2,(H,20,22). The van der Waals surface area contributed by atoms with Crippen molar-refractivity contribution >= 4 is 63.5 Å². The van der Waals surface area contributed by atoms with Crippen molar-refractivity contribution in [1.29, 1.82) is 0 Å². The van der Waals surface area contributed by atoms with Gasteiger partial charge in [-0.2, -0.15) is 0 Å². The van der Waals surface area contributed by atoms with Crippen LogP contribution in [0.5, 0.6) is 0 Å². The molecule has 130 valence electrons. The molecule has 0 aliphatic carbocycles. The first-order valence-corrected chi connectivity index (χ1v) is 10.9. The molecule has 0 aliphatic heterocycles. The lowest BCUT2D eigenvalue weighted by Crippen LogP contribution is -2.24. The highest BCUT2D eigenvalue weighted by atomic mass is 35.5. The Bertz CT molecular complexity index is 849. The van der Waals surface area contributed by atoms with E-state index >= 15 is 0 Å². The van der Waals surface area contributed by atoms with E-state index in [0.29, 0.717) is 28.8 Å². The summed E-state index contributed by atoms with van der Waals surface area (Å²) in [6, 6.07) is 9.47. The molecule has 0 spiro atoms. The van der Waals surface area contributed by atoms with E-state index in [1.54, 1.807) is 40.5 Å². The molecular formula is C17H14Cl2N2OS3. The number of thiazole rings is 1. The van der Waals surface area contributed by atoms with Gasteiger partial charge in [0.25, 0.3) is 0 Å². The van der Waals surface area contributed by atoms with Crippen LogP contribution in [-0.4, -0.2) is 10.9 Å². The number of carbonyl (C=O) groups is 1. The smallest absolute Gasteiger partial charge is 0.226 e. The number of amides is 1. The molecule has 3 nitrogen and oxygen atoms in total. The van der Waals surface area contributed by atoms with Gasteiger partial charge in [-0.15, -0.1) is 22.7 Å². The van der Waals surface area contributed by atoms with Crippen LogP contribution in [0.4, 0.5) is 0 Å². The highest BCUT2D eigenvalue weighted by Gasteiger charge is 2.09. The highest BCUT2D eigenvalue weighted by Crippen LogP contribution is 2.30. The van der Waals surface area contributed by atoms with Crippen LogP contribution in [0, 0.1) is 0 Å². The second-order valence-corrected chi connectivity index (χ2v) is 9.12. The van der Waals surface area contributed by atoms with Crippen LogP contribution in [0.25, 0.3) is 0 Å². The third-order valence-corrected chi connectivity index (χ3v) is 6.86. The van der Waals surface area contributed by atoms with Gasteiger partial charge in [-0.1, -0.05) is 47.1 Å². The molecular weight excluding hydrogens is 415 g/mol. The number of rotatable bonds is 7. The summed E-state index contributed by atoms with van der Waals surface area (Å²) in [5.74, 6) is 0.698. The van der Waals surface area contributed by atoms with Gasteiger partial charge < -0.3 is 5.32 Å². The fourth-order valence-corrected chi connectivity index (χ4v) is 5.09. The summed E-state index contributed by atoms with van der Waals surface area (Å²) >= 11 is 16.9. The lowest BCUT2D eigenvalue weighted by Gasteiger charge is -2.03. The quantitative estimate of drug-likeness (QED) is 0.493. The first-order valence-electron chi connectivity index (χ1n) is 7.40. The number of aromatic nitrogens is 1. The van der Waals surface area contributed by atoms with Gasteiger partial charge in [-0.3, -0.25) is 4.79 Å². The molecule has 3 aromatic rings. The van der Waals surface area contributed by atoms with E-state index in [1.807, 2.05) is 35.0 Å². The van der Waals surface area contributed by atoms with Crippen molar-refractivity contribution in [2.75, 3.05) is 0 Å².